The molecule has 2 aliphatic carbocycles. The van der Waals surface area contributed by atoms with E-state index in [1.54, 1.807) is 0 Å². The van der Waals surface area contributed by atoms with Crippen LogP contribution in [0.25, 0.3) is 22.8 Å². The number of hydrogen-bond acceptors (Lipinski definition) is 1. The third kappa shape index (κ3) is 2.46. The molecule has 2 aliphatic rings. The zero-order chi connectivity index (χ0) is 17.0. The van der Waals surface area contributed by atoms with Crippen molar-refractivity contribution < 1.29 is 4.42 Å². The average Bonchev–Trinajstić information content (AvgIpc) is 3.32. The summed E-state index contributed by atoms with van der Waals surface area (Å²) in [6.45, 7) is 2.00. The van der Waals surface area contributed by atoms with Gasteiger partial charge in [-0.3, -0.25) is 0 Å². The Morgan fingerprint density at radius 1 is 0.960 bits per heavy atom. The van der Waals surface area contributed by atoms with Gasteiger partial charge in [-0.15, -0.1) is 0 Å². The van der Waals surface area contributed by atoms with E-state index in [-0.39, 0.29) is 0 Å². The van der Waals surface area contributed by atoms with Gasteiger partial charge in [-0.2, -0.15) is 0 Å². The standard InChI is InChI=1S/C23H19ClO/c1-14-5-10-22(25-14)18-12-17-11-16-3-2-4-20(16)23(21(17)13-18)15-6-8-19(24)9-7-15/h5-11,13H,2-4,12H2,1H3. The summed E-state index contributed by atoms with van der Waals surface area (Å²) in [5.41, 5.74) is 9.79. The molecule has 0 amide bonds. The van der Waals surface area contributed by atoms with Gasteiger partial charge in [0, 0.05) is 11.4 Å². The summed E-state index contributed by atoms with van der Waals surface area (Å²) >= 11 is 6.11. The first kappa shape index (κ1) is 15.0. The van der Waals surface area contributed by atoms with Gasteiger partial charge in [0.25, 0.3) is 0 Å². The van der Waals surface area contributed by atoms with Crippen LogP contribution in [0.2, 0.25) is 5.02 Å². The third-order valence-electron chi connectivity index (χ3n) is 5.42. The Kier molecular flexibility index (Phi) is 3.39. The molecule has 2 aromatic carbocycles. The van der Waals surface area contributed by atoms with Crippen LogP contribution >= 0.6 is 11.6 Å². The van der Waals surface area contributed by atoms with Crippen molar-refractivity contribution in [3.05, 3.63) is 81.3 Å². The molecule has 0 unspecified atom stereocenters. The maximum absolute atomic E-state index is 6.11. The van der Waals surface area contributed by atoms with Crippen LogP contribution in [0.3, 0.4) is 0 Å². The molecular formula is C23H19ClO. The van der Waals surface area contributed by atoms with Gasteiger partial charge in [0.05, 0.1) is 0 Å². The second-order valence-corrected chi connectivity index (χ2v) is 7.52. The van der Waals surface area contributed by atoms with Gasteiger partial charge < -0.3 is 4.42 Å². The van der Waals surface area contributed by atoms with Gasteiger partial charge in [-0.1, -0.05) is 29.8 Å². The lowest BCUT2D eigenvalue weighted by molar-refractivity contribution is 0.521. The van der Waals surface area contributed by atoms with Crippen molar-refractivity contribution in [1.82, 2.24) is 0 Å². The number of fused-ring (bicyclic) bond motifs is 2. The summed E-state index contributed by atoms with van der Waals surface area (Å²) < 4.78 is 5.88. The highest BCUT2D eigenvalue weighted by Crippen LogP contribution is 2.43. The van der Waals surface area contributed by atoms with Gasteiger partial charge in [0.15, 0.2) is 0 Å². The fraction of sp³-hybridized carbons (Fsp3) is 0.217. The second-order valence-electron chi connectivity index (χ2n) is 7.08. The van der Waals surface area contributed by atoms with Crippen molar-refractivity contribution in [1.29, 1.82) is 0 Å². The maximum Gasteiger partial charge on any atom is 0.130 e. The molecule has 2 heteroatoms. The van der Waals surface area contributed by atoms with E-state index in [2.05, 4.69) is 30.3 Å². The van der Waals surface area contributed by atoms with Crippen LogP contribution in [0, 0.1) is 6.92 Å². The monoisotopic (exact) mass is 346 g/mol. The first-order valence-corrected chi connectivity index (χ1v) is 9.28. The largest absolute Gasteiger partial charge is 0.462 e. The molecule has 0 spiro atoms. The second kappa shape index (κ2) is 5.64. The zero-order valence-electron chi connectivity index (χ0n) is 14.2. The topological polar surface area (TPSA) is 13.1 Å². The van der Waals surface area contributed by atoms with Crippen molar-refractivity contribution in [3.8, 4) is 11.1 Å². The summed E-state index contributed by atoms with van der Waals surface area (Å²) in [5.74, 6) is 1.96. The van der Waals surface area contributed by atoms with Crippen LogP contribution in [0.15, 0.2) is 46.9 Å². The molecule has 124 valence electrons. The molecule has 0 saturated heterocycles. The van der Waals surface area contributed by atoms with E-state index >= 15 is 0 Å². The molecule has 1 heterocycles. The van der Waals surface area contributed by atoms with E-state index in [4.69, 9.17) is 16.0 Å². The Morgan fingerprint density at radius 3 is 2.56 bits per heavy atom. The molecule has 0 radical (unpaired) electrons. The van der Waals surface area contributed by atoms with Gasteiger partial charge >= 0.3 is 0 Å². The lowest BCUT2D eigenvalue weighted by atomic mass is 9.90. The Labute approximate surface area is 152 Å². The fourth-order valence-corrected chi connectivity index (χ4v) is 4.40. The van der Waals surface area contributed by atoms with E-state index in [0.29, 0.717) is 0 Å². The van der Waals surface area contributed by atoms with E-state index in [1.165, 1.54) is 58.2 Å². The number of rotatable bonds is 2. The molecule has 3 aromatic rings. The van der Waals surface area contributed by atoms with Crippen LogP contribution in [0.5, 0.6) is 0 Å². The molecule has 1 aromatic heterocycles. The van der Waals surface area contributed by atoms with E-state index in [1.807, 2.05) is 25.1 Å². The third-order valence-corrected chi connectivity index (χ3v) is 5.67. The minimum atomic E-state index is 0.787. The lowest BCUT2D eigenvalue weighted by Gasteiger charge is -2.15. The van der Waals surface area contributed by atoms with Gasteiger partial charge in [0.2, 0.25) is 0 Å². The Balaban J connectivity index is 1.71. The van der Waals surface area contributed by atoms with Crippen LogP contribution in [0.4, 0.5) is 0 Å². The van der Waals surface area contributed by atoms with Crippen LogP contribution in [0.1, 0.15) is 40.2 Å². The van der Waals surface area contributed by atoms with Gasteiger partial charge in [-0.25, -0.2) is 0 Å². The van der Waals surface area contributed by atoms with Gasteiger partial charge in [0.1, 0.15) is 11.5 Å². The normalized spacial score (nSPS) is 15.2. The van der Waals surface area contributed by atoms with Crippen molar-refractivity contribution in [2.75, 3.05) is 0 Å². The average molecular weight is 347 g/mol. The number of hydrogen-bond donors (Lipinski definition) is 0. The molecule has 0 fully saturated rings. The lowest BCUT2D eigenvalue weighted by Crippen LogP contribution is -1.96. The molecule has 0 N–H and O–H groups in total. The highest BCUT2D eigenvalue weighted by atomic mass is 35.5. The predicted molar refractivity (Wildman–Crippen MR) is 104 cm³/mol. The van der Waals surface area contributed by atoms with Crippen LogP contribution in [-0.2, 0) is 19.3 Å². The van der Waals surface area contributed by atoms with Crippen molar-refractivity contribution in [2.45, 2.75) is 32.6 Å². The Hall–Kier alpha value is -2.25. The molecule has 0 atom stereocenters. The molecule has 5 rings (SSSR count). The summed E-state index contributed by atoms with van der Waals surface area (Å²) in [5, 5.41) is 0.787. The van der Waals surface area contributed by atoms with E-state index in [0.717, 1.165) is 23.0 Å². The molecule has 1 nitrogen and oxygen atoms in total. The summed E-state index contributed by atoms with van der Waals surface area (Å²) in [6.07, 6.45) is 6.90. The minimum absolute atomic E-state index is 0.787. The van der Waals surface area contributed by atoms with Crippen molar-refractivity contribution in [2.24, 2.45) is 0 Å². The highest BCUT2D eigenvalue weighted by molar-refractivity contribution is 6.30. The van der Waals surface area contributed by atoms with Crippen LogP contribution < -0.4 is 0 Å². The molecule has 25 heavy (non-hydrogen) atoms. The minimum Gasteiger partial charge on any atom is -0.462 e. The SMILES string of the molecule is Cc1ccc(C2=Cc3c(cc4c(c3-c3ccc(Cl)cc3)CCC4)C2)o1. The van der Waals surface area contributed by atoms with Gasteiger partial charge in [-0.05, 0) is 95.5 Å². The van der Waals surface area contributed by atoms with Crippen LogP contribution in [-0.4, -0.2) is 0 Å². The summed E-state index contributed by atoms with van der Waals surface area (Å²) in [6, 6.07) is 14.8. The fourth-order valence-electron chi connectivity index (χ4n) is 4.28. The molecule has 0 saturated carbocycles. The highest BCUT2D eigenvalue weighted by Gasteiger charge is 2.26. The number of benzene rings is 2. The predicted octanol–water partition coefficient (Wildman–Crippen LogP) is 6.49. The number of aryl methyl sites for hydroxylation is 2. The molecular weight excluding hydrogens is 328 g/mol. The maximum atomic E-state index is 6.11. The number of halogens is 1. The summed E-state index contributed by atoms with van der Waals surface area (Å²) in [4.78, 5) is 0. The van der Waals surface area contributed by atoms with E-state index in [9.17, 15) is 0 Å². The van der Waals surface area contributed by atoms with Crippen molar-refractivity contribution in [3.63, 3.8) is 0 Å². The first-order valence-electron chi connectivity index (χ1n) is 8.90. The van der Waals surface area contributed by atoms with E-state index < -0.39 is 0 Å². The quantitative estimate of drug-likeness (QED) is 0.516. The number of furan rings is 1. The summed E-state index contributed by atoms with van der Waals surface area (Å²) in [7, 11) is 0. The Bertz CT molecular complexity index is 1010. The zero-order valence-corrected chi connectivity index (χ0v) is 15.0. The number of allylic oxidation sites excluding steroid dienone is 1. The molecule has 0 bridgehead atoms. The van der Waals surface area contributed by atoms with Crippen molar-refractivity contribution >= 4 is 23.3 Å². The first-order chi connectivity index (χ1) is 12.2. The smallest absolute Gasteiger partial charge is 0.130 e. The molecule has 0 aliphatic heterocycles. The Morgan fingerprint density at radius 2 is 1.80 bits per heavy atom.